The molecule has 0 saturated carbocycles. The van der Waals surface area contributed by atoms with Gasteiger partial charge in [-0.3, -0.25) is 4.79 Å². The normalized spacial score (nSPS) is 17.7. The van der Waals surface area contributed by atoms with Crippen LogP contribution in [0.3, 0.4) is 0 Å². The summed E-state index contributed by atoms with van der Waals surface area (Å²) in [7, 11) is -3.51. The van der Waals surface area contributed by atoms with Crippen molar-refractivity contribution in [2.45, 2.75) is 11.1 Å². The molecule has 0 unspecified atom stereocenters. The number of sulfone groups is 1. The second-order valence-corrected chi connectivity index (χ2v) is 10.1. The molecule has 4 rings (SSSR count). The third-order valence-electron chi connectivity index (χ3n) is 5.80. The summed E-state index contributed by atoms with van der Waals surface area (Å²) in [6.07, 6.45) is -1.27. The summed E-state index contributed by atoms with van der Waals surface area (Å²) in [5.74, 6) is -1.50. The number of carbonyl (C=O) groups is 1. The number of anilines is 2. The SMILES string of the molecule is CS(=O)(=O)c1ccc(N2CCOCC2)c(C(=O)N2CCN(c3cnc(C(F)(F)F)nc3)CC2)c1. The van der Waals surface area contributed by atoms with E-state index in [1.54, 1.807) is 15.9 Å². The lowest BCUT2D eigenvalue weighted by Gasteiger charge is -2.37. The molecule has 0 radical (unpaired) electrons. The van der Waals surface area contributed by atoms with E-state index < -0.39 is 21.8 Å². The van der Waals surface area contributed by atoms with E-state index in [-0.39, 0.29) is 10.8 Å². The Morgan fingerprint density at radius 2 is 1.59 bits per heavy atom. The van der Waals surface area contributed by atoms with Crippen LogP contribution >= 0.6 is 0 Å². The number of hydrogen-bond acceptors (Lipinski definition) is 8. The Kier molecular flexibility index (Phi) is 6.67. The van der Waals surface area contributed by atoms with Gasteiger partial charge in [-0.05, 0) is 18.2 Å². The fourth-order valence-electron chi connectivity index (χ4n) is 3.97. The van der Waals surface area contributed by atoms with E-state index in [0.717, 1.165) is 18.6 Å². The van der Waals surface area contributed by atoms with Crippen LogP contribution in [0.5, 0.6) is 0 Å². The van der Waals surface area contributed by atoms with Crippen LogP contribution in [0.15, 0.2) is 35.5 Å². The summed E-state index contributed by atoms with van der Waals surface area (Å²) in [4.78, 5) is 25.7. The van der Waals surface area contributed by atoms with Crippen molar-refractivity contribution < 1.29 is 31.1 Å². The molecule has 1 aromatic heterocycles. The minimum Gasteiger partial charge on any atom is -0.378 e. The van der Waals surface area contributed by atoms with Gasteiger partial charge < -0.3 is 19.4 Å². The van der Waals surface area contributed by atoms with E-state index in [9.17, 15) is 26.4 Å². The highest BCUT2D eigenvalue weighted by Crippen LogP contribution is 2.28. The summed E-state index contributed by atoms with van der Waals surface area (Å²) < 4.78 is 67.7. The monoisotopic (exact) mass is 499 g/mol. The van der Waals surface area contributed by atoms with Crippen molar-refractivity contribution in [2.24, 2.45) is 0 Å². The molecular weight excluding hydrogens is 475 g/mol. The molecule has 3 heterocycles. The van der Waals surface area contributed by atoms with Crippen LogP contribution in [0.4, 0.5) is 24.5 Å². The predicted octanol–water partition coefficient (Wildman–Crippen LogP) is 1.70. The van der Waals surface area contributed by atoms with E-state index in [0.29, 0.717) is 69.4 Å². The number of rotatable bonds is 4. The molecule has 2 saturated heterocycles. The molecule has 34 heavy (non-hydrogen) atoms. The fraction of sp³-hybridized carbons (Fsp3) is 0.476. The van der Waals surface area contributed by atoms with Gasteiger partial charge in [0, 0.05) is 51.2 Å². The first-order valence-corrected chi connectivity index (χ1v) is 12.5. The molecule has 2 aliphatic heterocycles. The maximum absolute atomic E-state index is 13.4. The van der Waals surface area contributed by atoms with E-state index in [2.05, 4.69) is 9.97 Å². The third kappa shape index (κ3) is 5.25. The average Bonchev–Trinajstić information content (AvgIpc) is 2.83. The summed E-state index contributed by atoms with van der Waals surface area (Å²) in [5, 5.41) is 0. The zero-order valence-electron chi connectivity index (χ0n) is 18.5. The van der Waals surface area contributed by atoms with Crippen molar-refractivity contribution in [1.82, 2.24) is 14.9 Å². The third-order valence-corrected chi connectivity index (χ3v) is 6.91. The number of nitrogens with zero attached hydrogens (tertiary/aromatic N) is 5. The molecule has 0 bridgehead atoms. The van der Waals surface area contributed by atoms with Gasteiger partial charge in [-0.15, -0.1) is 0 Å². The van der Waals surface area contributed by atoms with Crippen LogP contribution in [0.1, 0.15) is 16.2 Å². The van der Waals surface area contributed by atoms with Gasteiger partial charge in [0.25, 0.3) is 5.91 Å². The molecule has 184 valence electrons. The summed E-state index contributed by atoms with van der Waals surface area (Å²) in [6.45, 7) is 3.56. The highest BCUT2D eigenvalue weighted by atomic mass is 32.2. The topological polar surface area (TPSA) is 95.9 Å². The van der Waals surface area contributed by atoms with Crippen LogP contribution in [-0.2, 0) is 20.8 Å². The number of hydrogen-bond donors (Lipinski definition) is 0. The molecule has 0 N–H and O–H groups in total. The van der Waals surface area contributed by atoms with E-state index >= 15 is 0 Å². The Morgan fingerprint density at radius 3 is 2.15 bits per heavy atom. The van der Waals surface area contributed by atoms with Gasteiger partial charge in [0.2, 0.25) is 5.82 Å². The molecule has 0 atom stereocenters. The smallest absolute Gasteiger partial charge is 0.378 e. The highest BCUT2D eigenvalue weighted by Gasteiger charge is 2.34. The Hall–Kier alpha value is -2.93. The van der Waals surface area contributed by atoms with Gasteiger partial charge >= 0.3 is 6.18 Å². The van der Waals surface area contributed by atoms with Crippen LogP contribution in [-0.4, -0.2) is 87.9 Å². The molecule has 1 aromatic carbocycles. The molecule has 2 aliphatic rings. The summed E-state index contributed by atoms with van der Waals surface area (Å²) in [6, 6.07) is 4.57. The van der Waals surface area contributed by atoms with Gasteiger partial charge in [0.15, 0.2) is 9.84 Å². The van der Waals surface area contributed by atoms with Crippen LogP contribution < -0.4 is 9.80 Å². The molecular formula is C21H24F3N5O4S. The number of amides is 1. The largest absolute Gasteiger partial charge is 0.451 e. The second kappa shape index (κ2) is 9.37. The maximum Gasteiger partial charge on any atom is 0.451 e. The minimum absolute atomic E-state index is 0.0633. The Labute approximate surface area is 195 Å². The van der Waals surface area contributed by atoms with E-state index in [4.69, 9.17) is 4.74 Å². The summed E-state index contributed by atoms with van der Waals surface area (Å²) >= 11 is 0. The number of piperazine rings is 1. The first-order chi connectivity index (χ1) is 16.0. The number of benzene rings is 1. The number of aromatic nitrogens is 2. The number of alkyl halides is 3. The van der Waals surface area contributed by atoms with Crippen molar-refractivity contribution in [3.05, 3.63) is 42.0 Å². The standard InChI is InChI=1S/C21H24F3N5O4S/c1-34(31,32)16-2-3-18(28-8-10-33-11-9-28)17(12-16)19(30)29-6-4-27(5-7-29)15-13-25-20(26-14-15)21(22,23)24/h2-3,12-14H,4-11H2,1H3. The Bertz CT molecular complexity index is 1140. The molecule has 0 aliphatic carbocycles. The summed E-state index contributed by atoms with van der Waals surface area (Å²) in [5.41, 5.74) is 1.39. The maximum atomic E-state index is 13.4. The van der Waals surface area contributed by atoms with Crippen molar-refractivity contribution in [3.8, 4) is 0 Å². The van der Waals surface area contributed by atoms with Gasteiger partial charge in [-0.25, -0.2) is 18.4 Å². The zero-order valence-corrected chi connectivity index (χ0v) is 19.3. The first-order valence-electron chi connectivity index (χ1n) is 10.6. The lowest BCUT2D eigenvalue weighted by atomic mass is 10.1. The number of carbonyl (C=O) groups excluding carboxylic acids is 1. The average molecular weight is 500 g/mol. The Morgan fingerprint density at radius 1 is 0.971 bits per heavy atom. The molecule has 0 spiro atoms. The van der Waals surface area contributed by atoms with Gasteiger partial charge in [0.05, 0.1) is 41.8 Å². The Balaban J connectivity index is 1.52. The lowest BCUT2D eigenvalue weighted by molar-refractivity contribution is -0.145. The molecule has 1 amide bonds. The minimum atomic E-state index is -4.61. The number of halogens is 3. The van der Waals surface area contributed by atoms with Crippen LogP contribution in [0.2, 0.25) is 0 Å². The number of ether oxygens (including phenoxy) is 1. The predicted molar refractivity (Wildman–Crippen MR) is 118 cm³/mol. The van der Waals surface area contributed by atoms with E-state index in [1.807, 2.05) is 4.90 Å². The quantitative estimate of drug-likeness (QED) is 0.628. The first kappa shape index (κ1) is 24.2. The molecule has 9 nitrogen and oxygen atoms in total. The van der Waals surface area contributed by atoms with Crippen molar-refractivity contribution in [2.75, 3.05) is 68.5 Å². The molecule has 2 aromatic rings. The van der Waals surface area contributed by atoms with Crippen molar-refractivity contribution in [1.29, 1.82) is 0 Å². The van der Waals surface area contributed by atoms with E-state index in [1.165, 1.54) is 12.1 Å². The second-order valence-electron chi connectivity index (χ2n) is 8.09. The lowest BCUT2D eigenvalue weighted by Crippen LogP contribution is -2.49. The van der Waals surface area contributed by atoms with Gasteiger partial charge in [0.1, 0.15) is 0 Å². The highest BCUT2D eigenvalue weighted by molar-refractivity contribution is 7.90. The molecule has 13 heteroatoms. The fourth-order valence-corrected chi connectivity index (χ4v) is 4.61. The zero-order chi connectivity index (χ0) is 24.5. The number of morpholine rings is 1. The van der Waals surface area contributed by atoms with Gasteiger partial charge in [-0.1, -0.05) is 0 Å². The van der Waals surface area contributed by atoms with Crippen molar-refractivity contribution in [3.63, 3.8) is 0 Å². The van der Waals surface area contributed by atoms with Gasteiger partial charge in [-0.2, -0.15) is 13.2 Å². The van der Waals surface area contributed by atoms with Crippen molar-refractivity contribution >= 4 is 27.1 Å². The van der Waals surface area contributed by atoms with Crippen LogP contribution in [0, 0.1) is 0 Å². The molecule has 2 fully saturated rings. The van der Waals surface area contributed by atoms with Crippen LogP contribution in [0.25, 0.3) is 0 Å².